The van der Waals surface area contributed by atoms with Gasteiger partial charge in [-0.1, -0.05) is 32.3 Å². The Morgan fingerprint density at radius 3 is 2.46 bits per heavy atom. The lowest BCUT2D eigenvalue weighted by Crippen LogP contribution is -2.15. The third-order valence-corrected chi connectivity index (χ3v) is 5.69. The molecule has 28 heavy (non-hydrogen) atoms. The number of ether oxygens (including phenoxy) is 1. The highest BCUT2D eigenvalue weighted by Crippen LogP contribution is 2.38. The lowest BCUT2D eigenvalue weighted by Gasteiger charge is -2.29. The molecule has 4 heteroatoms. The van der Waals surface area contributed by atoms with Crippen molar-refractivity contribution in [3.63, 3.8) is 0 Å². The fourth-order valence-electron chi connectivity index (χ4n) is 3.99. The van der Waals surface area contributed by atoms with Gasteiger partial charge in [0.15, 0.2) is 0 Å². The highest BCUT2D eigenvalue weighted by Gasteiger charge is 2.23. The van der Waals surface area contributed by atoms with Crippen molar-refractivity contribution < 1.29 is 13.9 Å². The standard InChI is InChI=1S/C24H26FNO2/c1-2-3-4-17-5-9-19(10-6-17)20-11-14-22(23(25)15-20)24(27)28-21-12-7-18(16-26)8-13-21/h7-8,11-15,17,19H,2-6,9-10H2,1H3. The second kappa shape index (κ2) is 9.50. The van der Waals surface area contributed by atoms with Crippen LogP contribution >= 0.6 is 0 Å². The summed E-state index contributed by atoms with van der Waals surface area (Å²) in [7, 11) is 0. The summed E-state index contributed by atoms with van der Waals surface area (Å²) in [6.45, 7) is 2.22. The molecule has 0 heterocycles. The summed E-state index contributed by atoms with van der Waals surface area (Å²) >= 11 is 0. The Balaban J connectivity index is 1.62. The van der Waals surface area contributed by atoms with Gasteiger partial charge in [0.2, 0.25) is 0 Å². The minimum absolute atomic E-state index is 0.0651. The van der Waals surface area contributed by atoms with Gasteiger partial charge in [0.05, 0.1) is 17.2 Å². The van der Waals surface area contributed by atoms with Crippen molar-refractivity contribution in [2.24, 2.45) is 5.92 Å². The molecule has 1 saturated carbocycles. The van der Waals surface area contributed by atoms with Crippen molar-refractivity contribution in [2.75, 3.05) is 0 Å². The molecule has 1 fully saturated rings. The number of carbonyl (C=O) groups excluding carboxylic acids is 1. The summed E-state index contributed by atoms with van der Waals surface area (Å²) in [5.74, 6) is 0.206. The second-order valence-corrected chi connectivity index (χ2v) is 7.62. The molecule has 3 nitrogen and oxygen atoms in total. The first-order chi connectivity index (χ1) is 13.6. The number of hydrogen-bond donors (Lipinski definition) is 0. The molecule has 2 aromatic rings. The van der Waals surface area contributed by atoms with E-state index in [0.29, 0.717) is 11.5 Å². The third kappa shape index (κ3) is 4.98. The first kappa shape index (κ1) is 20.1. The largest absolute Gasteiger partial charge is 0.423 e. The average Bonchev–Trinajstić information content (AvgIpc) is 2.73. The lowest BCUT2D eigenvalue weighted by atomic mass is 9.77. The Kier molecular flexibility index (Phi) is 6.81. The molecule has 146 valence electrons. The lowest BCUT2D eigenvalue weighted by molar-refractivity contribution is 0.0730. The molecule has 0 N–H and O–H groups in total. The van der Waals surface area contributed by atoms with Crippen LogP contribution < -0.4 is 4.74 Å². The predicted octanol–water partition coefficient (Wildman–Crippen LogP) is 6.38. The van der Waals surface area contributed by atoms with E-state index in [1.165, 1.54) is 56.4 Å². The first-order valence-corrected chi connectivity index (χ1v) is 10.1. The summed E-state index contributed by atoms with van der Waals surface area (Å²) in [5, 5.41) is 8.80. The molecular weight excluding hydrogens is 353 g/mol. The van der Waals surface area contributed by atoms with Crippen LogP contribution in [0.25, 0.3) is 0 Å². The molecule has 0 spiro atoms. The van der Waals surface area contributed by atoms with E-state index in [4.69, 9.17) is 10.00 Å². The molecule has 0 unspecified atom stereocenters. The quantitative estimate of drug-likeness (QED) is 0.432. The monoisotopic (exact) mass is 379 g/mol. The van der Waals surface area contributed by atoms with Crippen LogP contribution in [0.2, 0.25) is 0 Å². The van der Waals surface area contributed by atoms with Gasteiger partial charge in [-0.25, -0.2) is 9.18 Å². The van der Waals surface area contributed by atoms with Crippen LogP contribution in [0.1, 0.15) is 79.3 Å². The smallest absolute Gasteiger partial charge is 0.346 e. The summed E-state index contributed by atoms with van der Waals surface area (Å²) in [6.07, 6.45) is 8.41. The SMILES string of the molecule is CCCCC1CCC(c2ccc(C(=O)Oc3ccc(C#N)cc3)c(F)c2)CC1. The Morgan fingerprint density at radius 2 is 1.86 bits per heavy atom. The van der Waals surface area contributed by atoms with Gasteiger partial charge in [0, 0.05) is 0 Å². The van der Waals surface area contributed by atoms with E-state index in [0.717, 1.165) is 24.3 Å². The summed E-state index contributed by atoms with van der Waals surface area (Å²) < 4.78 is 19.8. The number of rotatable bonds is 6. The van der Waals surface area contributed by atoms with E-state index in [2.05, 4.69) is 6.92 Å². The van der Waals surface area contributed by atoms with Gasteiger partial charge in [-0.15, -0.1) is 0 Å². The van der Waals surface area contributed by atoms with Crippen molar-refractivity contribution in [2.45, 2.75) is 57.8 Å². The summed E-state index contributed by atoms with van der Waals surface area (Å²) in [6, 6.07) is 13.0. The molecule has 2 aromatic carbocycles. The van der Waals surface area contributed by atoms with E-state index < -0.39 is 11.8 Å². The molecule has 0 aliphatic heterocycles. The van der Waals surface area contributed by atoms with Gasteiger partial charge < -0.3 is 4.74 Å². The van der Waals surface area contributed by atoms with Crippen LogP contribution in [0.5, 0.6) is 5.75 Å². The van der Waals surface area contributed by atoms with E-state index in [1.54, 1.807) is 12.1 Å². The third-order valence-electron chi connectivity index (χ3n) is 5.69. The molecule has 3 rings (SSSR count). The minimum atomic E-state index is -0.725. The molecule has 0 aromatic heterocycles. The molecule has 1 aliphatic rings. The number of halogens is 1. The second-order valence-electron chi connectivity index (χ2n) is 7.62. The Bertz CT molecular complexity index is 846. The van der Waals surface area contributed by atoms with E-state index >= 15 is 0 Å². The topological polar surface area (TPSA) is 50.1 Å². The maximum absolute atomic E-state index is 14.6. The zero-order valence-electron chi connectivity index (χ0n) is 16.3. The van der Waals surface area contributed by atoms with Gasteiger partial charge >= 0.3 is 5.97 Å². The van der Waals surface area contributed by atoms with E-state index in [1.807, 2.05) is 12.1 Å². The number of nitriles is 1. The highest BCUT2D eigenvalue weighted by molar-refractivity contribution is 5.91. The van der Waals surface area contributed by atoms with Crippen molar-refractivity contribution in [3.05, 3.63) is 65.0 Å². The summed E-state index contributed by atoms with van der Waals surface area (Å²) in [4.78, 5) is 12.3. The van der Waals surface area contributed by atoms with Crippen LogP contribution in [0.3, 0.4) is 0 Å². The fourth-order valence-corrected chi connectivity index (χ4v) is 3.99. The first-order valence-electron chi connectivity index (χ1n) is 10.1. The van der Waals surface area contributed by atoms with Crippen molar-refractivity contribution >= 4 is 5.97 Å². The molecular formula is C24H26FNO2. The van der Waals surface area contributed by atoms with Crippen LogP contribution in [-0.2, 0) is 0 Å². The number of nitrogens with zero attached hydrogens (tertiary/aromatic N) is 1. The molecule has 0 radical (unpaired) electrons. The van der Waals surface area contributed by atoms with Gasteiger partial charge in [0.25, 0.3) is 0 Å². The van der Waals surface area contributed by atoms with Crippen molar-refractivity contribution in [1.29, 1.82) is 5.26 Å². The van der Waals surface area contributed by atoms with Crippen LogP contribution in [0.15, 0.2) is 42.5 Å². The zero-order valence-corrected chi connectivity index (χ0v) is 16.3. The molecule has 1 aliphatic carbocycles. The van der Waals surface area contributed by atoms with Crippen molar-refractivity contribution in [1.82, 2.24) is 0 Å². The van der Waals surface area contributed by atoms with Crippen molar-refractivity contribution in [3.8, 4) is 11.8 Å². The fraction of sp³-hybridized carbons (Fsp3) is 0.417. The number of carbonyl (C=O) groups is 1. The molecule has 0 atom stereocenters. The average molecular weight is 379 g/mol. The number of esters is 1. The van der Waals surface area contributed by atoms with Gasteiger partial charge in [0.1, 0.15) is 11.6 Å². The maximum atomic E-state index is 14.6. The normalized spacial score (nSPS) is 19.0. The number of unbranched alkanes of at least 4 members (excludes halogenated alkanes) is 1. The predicted molar refractivity (Wildman–Crippen MR) is 107 cm³/mol. The number of hydrogen-bond acceptors (Lipinski definition) is 3. The van der Waals surface area contributed by atoms with Crippen LogP contribution in [0.4, 0.5) is 4.39 Å². The minimum Gasteiger partial charge on any atom is -0.423 e. The Hall–Kier alpha value is -2.67. The highest BCUT2D eigenvalue weighted by atomic mass is 19.1. The van der Waals surface area contributed by atoms with Crippen LogP contribution in [-0.4, -0.2) is 5.97 Å². The zero-order chi connectivity index (χ0) is 19.9. The van der Waals surface area contributed by atoms with Gasteiger partial charge in [-0.3, -0.25) is 0 Å². The van der Waals surface area contributed by atoms with E-state index in [9.17, 15) is 9.18 Å². The Morgan fingerprint density at radius 1 is 1.14 bits per heavy atom. The summed E-state index contributed by atoms with van der Waals surface area (Å²) in [5.41, 5.74) is 1.38. The molecule has 0 saturated heterocycles. The molecule has 0 amide bonds. The number of benzene rings is 2. The molecule has 0 bridgehead atoms. The maximum Gasteiger partial charge on any atom is 0.346 e. The Labute approximate surface area is 166 Å². The van der Waals surface area contributed by atoms with Gasteiger partial charge in [-0.05, 0) is 79.5 Å². The van der Waals surface area contributed by atoms with Gasteiger partial charge in [-0.2, -0.15) is 5.26 Å². The van der Waals surface area contributed by atoms with E-state index in [-0.39, 0.29) is 11.3 Å². The van der Waals surface area contributed by atoms with Crippen LogP contribution in [0, 0.1) is 23.1 Å².